The molecule has 7 nitrogen and oxygen atoms in total. The molecule has 0 unspecified atom stereocenters. The van der Waals surface area contributed by atoms with Crippen LogP contribution in [0.25, 0.3) is 0 Å². The summed E-state index contributed by atoms with van der Waals surface area (Å²) in [6.07, 6.45) is 0. The molecule has 0 saturated heterocycles. The molecule has 13 heavy (non-hydrogen) atoms. The van der Waals surface area contributed by atoms with Gasteiger partial charge in [0.05, 0.1) is 0 Å². The summed E-state index contributed by atoms with van der Waals surface area (Å²) in [6, 6.07) is 0. The van der Waals surface area contributed by atoms with Gasteiger partial charge in [0.15, 0.2) is 0 Å². The summed E-state index contributed by atoms with van der Waals surface area (Å²) < 4.78 is 85.5. The first-order valence-electron chi connectivity index (χ1n) is 2.12. The summed E-state index contributed by atoms with van der Waals surface area (Å²) in [4.78, 5) is 0. The van der Waals surface area contributed by atoms with Gasteiger partial charge in [0.1, 0.15) is 0 Å². The van der Waals surface area contributed by atoms with Crippen LogP contribution >= 0.6 is 0 Å². The molecule has 0 radical (unpaired) electrons. The number of alkyl halides is 3. The lowest BCUT2D eigenvalue weighted by Crippen LogP contribution is -2.26. The van der Waals surface area contributed by atoms with E-state index in [0.717, 1.165) is 0 Å². The molecule has 80 valence electrons. The predicted molar refractivity (Wildman–Crippen MR) is 28.7 cm³/mol. The Kier molecular flexibility index (Phi) is 3.26. The molecule has 0 bridgehead atoms. The molecule has 12 heteroatoms. The van der Waals surface area contributed by atoms with E-state index in [1.54, 1.807) is 0 Å². The van der Waals surface area contributed by atoms with Crippen LogP contribution in [0.2, 0.25) is 0 Å². The third kappa shape index (κ3) is 4.37. The van der Waals surface area contributed by atoms with Crippen LogP contribution in [-0.4, -0.2) is 26.9 Å². The van der Waals surface area contributed by atoms with E-state index >= 15 is 0 Å². The summed E-state index contributed by atoms with van der Waals surface area (Å²) in [7, 11) is -11.6. The van der Waals surface area contributed by atoms with Crippen molar-refractivity contribution in [3.63, 3.8) is 0 Å². The Labute approximate surface area is 70.1 Å². The number of halogens is 3. The van der Waals surface area contributed by atoms with E-state index in [1.165, 1.54) is 0 Å². The molecular formula is CHF3O7S2. The van der Waals surface area contributed by atoms with E-state index in [2.05, 4.69) is 8.67 Å². The molecule has 0 amide bonds. The van der Waals surface area contributed by atoms with Crippen molar-refractivity contribution in [2.24, 2.45) is 0 Å². The molecule has 0 spiro atoms. The zero-order valence-electron chi connectivity index (χ0n) is 5.35. The molecule has 0 aromatic heterocycles. The molecule has 0 atom stereocenters. The van der Waals surface area contributed by atoms with Gasteiger partial charge in [0.25, 0.3) is 0 Å². The van der Waals surface area contributed by atoms with Gasteiger partial charge in [-0.1, -0.05) is 8.67 Å². The number of hydrogen-bond acceptors (Lipinski definition) is 6. The van der Waals surface area contributed by atoms with Crippen molar-refractivity contribution < 1.29 is 43.2 Å². The summed E-state index contributed by atoms with van der Waals surface area (Å²) >= 11 is 0. The largest absolute Gasteiger partial charge is 0.525 e. The maximum Gasteiger partial charge on any atom is 0.525 e. The van der Waals surface area contributed by atoms with Crippen LogP contribution < -0.4 is 0 Å². The zero-order chi connectivity index (χ0) is 10.9. The second kappa shape index (κ2) is 3.38. The highest BCUT2D eigenvalue weighted by molar-refractivity contribution is 7.88. The molecular weight excluding hydrogens is 245 g/mol. The van der Waals surface area contributed by atoms with E-state index in [1.807, 2.05) is 0 Å². The van der Waals surface area contributed by atoms with Crippen molar-refractivity contribution in [3.05, 3.63) is 0 Å². The van der Waals surface area contributed by atoms with Gasteiger partial charge in [0.2, 0.25) is 0 Å². The van der Waals surface area contributed by atoms with Crippen LogP contribution in [0, 0.1) is 0 Å². The third-order valence-corrected chi connectivity index (χ3v) is 1.63. The molecule has 0 saturated carbocycles. The van der Waals surface area contributed by atoms with Gasteiger partial charge < -0.3 is 0 Å². The zero-order valence-corrected chi connectivity index (χ0v) is 6.98. The minimum atomic E-state index is -6.19. The van der Waals surface area contributed by atoms with E-state index in [4.69, 9.17) is 4.55 Å². The molecule has 0 aliphatic rings. The average molecular weight is 246 g/mol. The second-order valence-corrected chi connectivity index (χ2v) is 3.96. The smallest absolute Gasteiger partial charge is 0.262 e. The summed E-state index contributed by atoms with van der Waals surface area (Å²) in [6.45, 7) is 0. The van der Waals surface area contributed by atoms with Crippen molar-refractivity contribution >= 4 is 20.5 Å². The van der Waals surface area contributed by atoms with Crippen LogP contribution in [0.4, 0.5) is 13.2 Å². The Morgan fingerprint density at radius 1 is 1.00 bits per heavy atom. The molecule has 0 fully saturated rings. The highest BCUT2D eigenvalue weighted by Crippen LogP contribution is 2.24. The molecule has 1 N–H and O–H groups in total. The highest BCUT2D eigenvalue weighted by atomic mass is 32.3. The third-order valence-electron chi connectivity index (χ3n) is 0.487. The Hall–Kier alpha value is -0.430. The van der Waals surface area contributed by atoms with Crippen LogP contribution in [0.1, 0.15) is 0 Å². The maximum atomic E-state index is 11.3. The molecule has 0 aliphatic heterocycles. The van der Waals surface area contributed by atoms with Crippen LogP contribution in [0.15, 0.2) is 0 Å². The summed E-state index contributed by atoms with van der Waals surface area (Å²) in [5.41, 5.74) is -5.84. The highest BCUT2D eigenvalue weighted by Gasteiger charge is 2.49. The first-order valence-corrected chi connectivity index (χ1v) is 4.89. The second-order valence-electron chi connectivity index (χ2n) is 1.46. The van der Waals surface area contributed by atoms with Crippen molar-refractivity contribution in [2.45, 2.75) is 5.51 Å². The van der Waals surface area contributed by atoms with Gasteiger partial charge in [-0.15, -0.1) is 0 Å². The monoisotopic (exact) mass is 246 g/mol. The van der Waals surface area contributed by atoms with Crippen LogP contribution in [0.3, 0.4) is 0 Å². The standard InChI is InChI=1S/CHF3O7S2/c2-1(3,4)12(5,6)10-11-13(7,8)9/h(H,7,8,9). The predicted octanol–water partition coefficient (Wildman–Crippen LogP) is -0.413. The molecule has 0 aromatic rings. The van der Waals surface area contributed by atoms with Crippen LogP contribution in [0.5, 0.6) is 0 Å². The van der Waals surface area contributed by atoms with E-state index < -0.39 is 26.0 Å². The van der Waals surface area contributed by atoms with Crippen molar-refractivity contribution in [1.29, 1.82) is 0 Å². The lowest BCUT2D eigenvalue weighted by molar-refractivity contribution is -0.130. The van der Waals surface area contributed by atoms with E-state index in [0.29, 0.717) is 0 Å². The first-order chi connectivity index (χ1) is 5.46. The number of rotatable bonds is 3. The minimum absolute atomic E-state index is 2.47. The molecule has 0 aliphatic carbocycles. The Morgan fingerprint density at radius 3 is 1.62 bits per heavy atom. The van der Waals surface area contributed by atoms with Gasteiger partial charge in [0, 0.05) is 0 Å². The lowest BCUT2D eigenvalue weighted by Gasteiger charge is -2.04. The van der Waals surface area contributed by atoms with Gasteiger partial charge in [-0.3, -0.25) is 4.55 Å². The van der Waals surface area contributed by atoms with Gasteiger partial charge in [-0.05, 0) is 0 Å². The van der Waals surface area contributed by atoms with Crippen molar-refractivity contribution in [2.75, 3.05) is 0 Å². The Balaban J connectivity index is 4.59. The topological polar surface area (TPSA) is 107 Å². The van der Waals surface area contributed by atoms with Crippen molar-refractivity contribution in [3.8, 4) is 0 Å². The first kappa shape index (κ1) is 12.6. The van der Waals surface area contributed by atoms with Crippen molar-refractivity contribution in [1.82, 2.24) is 0 Å². The average Bonchev–Trinajstić information content (AvgIpc) is 1.79. The minimum Gasteiger partial charge on any atom is -0.262 e. The fourth-order valence-corrected chi connectivity index (χ4v) is 0.761. The SMILES string of the molecule is O=S(=O)(O)OOS(=O)(=O)C(F)(F)F. The summed E-state index contributed by atoms with van der Waals surface area (Å²) in [5.74, 6) is 0. The van der Waals surface area contributed by atoms with Crippen LogP contribution in [-0.2, 0) is 29.2 Å². The Morgan fingerprint density at radius 2 is 1.38 bits per heavy atom. The maximum absolute atomic E-state index is 11.3. The van der Waals surface area contributed by atoms with E-state index in [-0.39, 0.29) is 0 Å². The normalized spacial score (nSPS) is 14.5. The molecule has 0 heterocycles. The number of hydrogen-bond donors (Lipinski definition) is 1. The van der Waals surface area contributed by atoms with Gasteiger partial charge in [-0.25, -0.2) is 0 Å². The molecule has 0 aromatic carbocycles. The Bertz CT molecular complexity index is 359. The lowest BCUT2D eigenvalue weighted by atomic mass is 11.6. The summed E-state index contributed by atoms with van der Waals surface area (Å²) in [5, 5.41) is 0. The van der Waals surface area contributed by atoms with Gasteiger partial charge in [-0.2, -0.15) is 30.0 Å². The quantitative estimate of drug-likeness (QED) is 0.312. The van der Waals surface area contributed by atoms with Gasteiger partial charge >= 0.3 is 26.0 Å². The fraction of sp³-hybridized carbons (Fsp3) is 1.00. The molecule has 0 rings (SSSR count). The fourth-order valence-electron chi connectivity index (χ4n) is 0.110. The van der Waals surface area contributed by atoms with E-state index in [9.17, 15) is 30.0 Å².